The lowest BCUT2D eigenvalue weighted by Crippen LogP contribution is -2.05. The number of rotatable bonds is 5. The van der Waals surface area contributed by atoms with E-state index in [1.807, 2.05) is 17.8 Å². The molecular formula is C13H17NO2S. The third-order valence-corrected chi connectivity index (χ3v) is 4.40. The average molecular weight is 251 g/mol. The Morgan fingerprint density at radius 1 is 1.47 bits per heavy atom. The van der Waals surface area contributed by atoms with E-state index in [9.17, 15) is 4.79 Å². The molecule has 1 aliphatic carbocycles. The molecule has 17 heavy (non-hydrogen) atoms. The maximum absolute atomic E-state index is 11.0. The first kappa shape index (κ1) is 12.4. The van der Waals surface area contributed by atoms with Gasteiger partial charge in [-0.15, -0.1) is 0 Å². The fourth-order valence-corrected chi connectivity index (χ4v) is 3.50. The monoisotopic (exact) mass is 251 g/mol. The van der Waals surface area contributed by atoms with Crippen molar-refractivity contribution in [1.29, 1.82) is 0 Å². The lowest BCUT2D eigenvalue weighted by molar-refractivity contribution is 0.0689. The average Bonchev–Trinajstić information content (AvgIpc) is 2.82. The van der Waals surface area contributed by atoms with Gasteiger partial charge in [-0.2, -0.15) is 11.8 Å². The molecule has 0 aliphatic heterocycles. The Bertz CT molecular complexity index is 389. The van der Waals surface area contributed by atoms with Gasteiger partial charge in [0, 0.05) is 11.9 Å². The molecule has 1 fully saturated rings. The van der Waals surface area contributed by atoms with Crippen LogP contribution in [0, 0.1) is 5.92 Å². The van der Waals surface area contributed by atoms with E-state index in [0.29, 0.717) is 0 Å². The second kappa shape index (κ2) is 6.05. The fourth-order valence-electron chi connectivity index (χ4n) is 2.26. The Labute approximate surface area is 106 Å². The summed E-state index contributed by atoms with van der Waals surface area (Å²) in [6, 6.07) is 3.66. The second-order valence-corrected chi connectivity index (χ2v) is 5.51. The lowest BCUT2D eigenvalue weighted by Gasteiger charge is -2.09. The topological polar surface area (TPSA) is 50.2 Å². The highest BCUT2D eigenvalue weighted by molar-refractivity contribution is 7.98. The summed E-state index contributed by atoms with van der Waals surface area (Å²) in [6.45, 7) is 0. The van der Waals surface area contributed by atoms with Crippen molar-refractivity contribution in [2.45, 2.75) is 31.4 Å². The number of carboxylic acids is 1. The minimum atomic E-state index is -0.929. The number of hydrogen-bond acceptors (Lipinski definition) is 3. The van der Waals surface area contributed by atoms with Gasteiger partial charge in [-0.1, -0.05) is 18.9 Å². The number of pyridine rings is 1. The molecule has 0 aromatic carbocycles. The van der Waals surface area contributed by atoms with Crippen LogP contribution >= 0.6 is 11.8 Å². The SMILES string of the molecule is O=C(O)c1ncccc1CSCC1CCCC1. The quantitative estimate of drug-likeness (QED) is 0.873. The van der Waals surface area contributed by atoms with Crippen molar-refractivity contribution in [3.8, 4) is 0 Å². The minimum absolute atomic E-state index is 0.200. The van der Waals surface area contributed by atoms with Crippen LogP contribution in [0.3, 0.4) is 0 Å². The molecule has 1 aromatic rings. The van der Waals surface area contributed by atoms with Crippen LogP contribution in [0.4, 0.5) is 0 Å². The molecule has 1 aromatic heterocycles. The van der Waals surface area contributed by atoms with E-state index in [1.165, 1.54) is 31.9 Å². The highest BCUT2D eigenvalue weighted by Crippen LogP contribution is 2.29. The molecule has 4 heteroatoms. The predicted octanol–water partition coefficient (Wildman–Crippen LogP) is 3.20. The van der Waals surface area contributed by atoms with Crippen LogP contribution in [0.15, 0.2) is 18.3 Å². The largest absolute Gasteiger partial charge is 0.477 e. The van der Waals surface area contributed by atoms with Gasteiger partial charge >= 0.3 is 5.97 Å². The molecule has 1 N–H and O–H groups in total. The van der Waals surface area contributed by atoms with Crippen LogP contribution in [0.25, 0.3) is 0 Å². The molecule has 1 heterocycles. The zero-order chi connectivity index (χ0) is 12.1. The number of carbonyl (C=O) groups is 1. The number of aromatic nitrogens is 1. The molecule has 0 spiro atoms. The van der Waals surface area contributed by atoms with Crippen LogP contribution in [-0.4, -0.2) is 21.8 Å². The normalized spacial score (nSPS) is 16.2. The summed E-state index contributed by atoms with van der Waals surface area (Å²) in [5.41, 5.74) is 1.04. The summed E-state index contributed by atoms with van der Waals surface area (Å²) in [6.07, 6.45) is 6.93. The van der Waals surface area contributed by atoms with Crippen molar-refractivity contribution in [3.63, 3.8) is 0 Å². The van der Waals surface area contributed by atoms with Crippen molar-refractivity contribution >= 4 is 17.7 Å². The number of hydrogen-bond donors (Lipinski definition) is 1. The predicted molar refractivity (Wildman–Crippen MR) is 69.3 cm³/mol. The van der Waals surface area contributed by atoms with Gasteiger partial charge in [0.25, 0.3) is 0 Å². The molecule has 0 unspecified atom stereocenters. The van der Waals surface area contributed by atoms with Gasteiger partial charge in [0.1, 0.15) is 0 Å². The summed E-state index contributed by atoms with van der Waals surface area (Å²) >= 11 is 1.83. The van der Waals surface area contributed by atoms with E-state index in [2.05, 4.69) is 4.98 Å². The standard InChI is InChI=1S/C13H17NO2S/c15-13(16)12-11(6-3-7-14-12)9-17-8-10-4-1-2-5-10/h3,6-7,10H,1-2,4-5,8-9H2,(H,15,16). The smallest absolute Gasteiger partial charge is 0.354 e. The number of carboxylic acid groups (broad SMARTS) is 1. The van der Waals surface area contributed by atoms with Crippen molar-refractivity contribution in [3.05, 3.63) is 29.6 Å². The van der Waals surface area contributed by atoms with Crippen LogP contribution < -0.4 is 0 Å². The van der Waals surface area contributed by atoms with Crippen molar-refractivity contribution in [2.75, 3.05) is 5.75 Å². The van der Waals surface area contributed by atoms with Crippen molar-refractivity contribution < 1.29 is 9.90 Å². The molecular weight excluding hydrogens is 234 g/mol. The van der Waals surface area contributed by atoms with Crippen LogP contribution in [0.2, 0.25) is 0 Å². The molecule has 3 nitrogen and oxygen atoms in total. The lowest BCUT2D eigenvalue weighted by atomic mass is 10.1. The van der Waals surface area contributed by atoms with E-state index < -0.39 is 5.97 Å². The maximum atomic E-state index is 11.0. The van der Waals surface area contributed by atoms with E-state index in [1.54, 1.807) is 6.07 Å². The van der Waals surface area contributed by atoms with Gasteiger partial charge in [0.2, 0.25) is 0 Å². The fraction of sp³-hybridized carbons (Fsp3) is 0.538. The summed E-state index contributed by atoms with van der Waals surface area (Å²) in [7, 11) is 0. The number of nitrogens with zero attached hydrogens (tertiary/aromatic N) is 1. The van der Waals surface area contributed by atoms with E-state index in [4.69, 9.17) is 5.11 Å². The van der Waals surface area contributed by atoms with Gasteiger partial charge in [0.15, 0.2) is 5.69 Å². The zero-order valence-electron chi connectivity index (χ0n) is 9.76. The Morgan fingerprint density at radius 2 is 2.24 bits per heavy atom. The second-order valence-electron chi connectivity index (χ2n) is 4.48. The van der Waals surface area contributed by atoms with E-state index >= 15 is 0 Å². The van der Waals surface area contributed by atoms with Crippen LogP contribution in [-0.2, 0) is 5.75 Å². The molecule has 0 radical (unpaired) electrons. The zero-order valence-corrected chi connectivity index (χ0v) is 10.6. The molecule has 0 bridgehead atoms. The molecule has 1 saturated carbocycles. The van der Waals surface area contributed by atoms with Crippen LogP contribution in [0.1, 0.15) is 41.7 Å². The molecule has 1 aliphatic rings. The van der Waals surface area contributed by atoms with Crippen molar-refractivity contribution in [1.82, 2.24) is 4.98 Å². The third-order valence-electron chi connectivity index (χ3n) is 3.18. The van der Waals surface area contributed by atoms with Gasteiger partial charge in [-0.25, -0.2) is 9.78 Å². The van der Waals surface area contributed by atoms with Crippen LogP contribution in [0.5, 0.6) is 0 Å². The van der Waals surface area contributed by atoms with Gasteiger partial charge < -0.3 is 5.11 Å². The van der Waals surface area contributed by atoms with E-state index in [-0.39, 0.29) is 5.69 Å². The first-order chi connectivity index (χ1) is 8.27. The Hall–Kier alpha value is -1.03. The molecule has 0 amide bonds. The maximum Gasteiger partial charge on any atom is 0.354 e. The van der Waals surface area contributed by atoms with Crippen molar-refractivity contribution in [2.24, 2.45) is 5.92 Å². The number of aromatic carboxylic acids is 1. The molecule has 0 saturated heterocycles. The first-order valence-electron chi connectivity index (χ1n) is 6.02. The van der Waals surface area contributed by atoms with Gasteiger partial charge in [-0.05, 0) is 36.1 Å². The summed E-state index contributed by atoms with van der Waals surface area (Å²) in [5, 5.41) is 9.00. The summed E-state index contributed by atoms with van der Waals surface area (Å²) < 4.78 is 0. The van der Waals surface area contributed by atoms with Gasteiger partial charge in [0.05, 0.1) is 0 Å². The molecule has 92 valence electrons. The highest BCUT2D eigenvalue weighted by atomic mass is 32.2. The Morgan fingerprint density at radius 3 is 2.94 bits per heavy atom. The Balaban J connectivity index is 1.87. The Kier molecular flexibility index (Phi) is 4.42. The number of thioether (sulfide) groups is 1. The van der Waals surface area contributed by atoms with Gasteiger partial charge in [-0.3, -0.25) is 0 Å². The summed E-state index contributed by atoms with van der Waals surface area (Å²) in [5.74, 6) is 1.81. The third kappa shape index (κ3) is 3.46. The first-order valence-corrected chi connectivity index (χ1v) is 7.18. The summed E-state index contributed by atoms with van der Waals surface area (Å²) in [4.78, 5) is 14.9. The highest BCUT2D eigenvalue weighted by Gasteiger charge is 2.16. The molecule has 0 atom stereocenters. The molecule has 2 rings (SSSR count). The minimum Gasteiger partial charge on any atom is -0.477 e. The van der Waals surface area contributed by atoms with E-state index in [0.717, 1.165) is 23.0 Å².